The predicted octanol–water partition coefficient (Wildman–Crippen LogP) is 1.45. The fourth-order valence-electron chi connectivity index (χ4n) is 2.95. The maximum atomic E-state index is 11.7. The topological polar surface area (TPSA) is 105 Å². The Morgan fingerprint density at radius 2 is 2.09 bits per heavy atom. The van der Waals surface area contributed by atoms with E-state index in [1.54, 1.807) is 13.1 Å². The van der Waals surface area contributed by atoms with Crippen LogP contribution in [0.25, 0.3) is 10.9 Å². The van der Waals surface area contributed by atoms with Gasteiger partial charge in [-0.3, -0.25) is 0 Å². The minimum absolute atomic E-state index is 0.141. The smallest absolute Gasteiger partial charge is 0.247 e. The van der Waals surface area contributed by atoms with Crippen LogP contribution in [0.4, 0.5) is 5.82 Å². The Kier molecular flexibility index (Phi) is 3.76. The molecule has 1 unspecified atom stereocenters. The number of fused-ring (bicyclic) bond motifs is 1. The van der Waals surface area contributed by atoms with Crippen molar-refractivity contribution in [2.75, 3.05) is 11.6 Å². The molecule has 7 nitrogen and oxygen atoms in total. The molecule has 0 amide bonds. The summed E-state index contributed by atoms with van der Waals surface area (Å²) in [6, 6.07) is -0.141. The molecule has 2 aromatic rings. The summed E-state index contributed by atoms with van der Waals surface area (Å²) in [5.41, 5.74) is 0.512. The lowest BCUT2D eigenvalue weighted by Crippen LogP contribution is -2.39. The molecule has 1 fully saturated rings. The molecular formula is C15H20N4O3S. The van der Waals surface area contributed by atoms with Crippen molar-refractivity contribution in [1.82, 2.24) is 15.0 Å². The van der Waals surface area contributed by atoms with Gasteiger partial charge in [-0.25, -0.2) is 23.4 Å². The molecule has 0 radical (unpaired) electrons. The van der Waals surface area contributed by atoms with Crippen molar-refractivity contribution in [1.29, 1.82) is 0 Å². The van der Waals surface area contributed by atoms with Gasteiger partial charge in [0.05, 0.1) is 11.6 Å². The van der Waals surface area contributed by atoms with Crippen LogP contribution in [0.15, 0.2) is 17.6 Å². The van der Waals surface area contributed by atoms with E-state index in [1.165, 1.54) is 6.20 Å². The normalized spacial score (nSPS) is 25.0. The molecule has 1 aliphatic rings. The van der Waals surface area contributed by atoms with Crippen LogP contribution in [-0.4, -0.2) is 46.4 Å². The average Bonchev–Trinajstić information content (AvgIpc) is 2.79. The number of anilines is 1. The molecule has 8 heteroatoms. The number of sulfone groups is 1. The van der Waals surface area contributed by atoms with Crippen LogP contribution in [0, 0.1) is 6.92 Å². The number of rotatable bonds is 3. The lowest BCUT2D eigenvalue weighted by molar-refractivity contribution is 0.0578. The molecule has 0 bridgehead atoms. The second-order valence-electron chi connectivity index (χ2n) is 6.42. The zero-order chi connectivity index (χ0) is 16.8. The van der Waals surface area contributed by atoms with Crippen LogP contribution >= 0.6 is 0 Å². The molecule has 23 heavy (non-hydrogen) atoms. The Hall–Kier alpha value is -1.80. The summed E-state index contributed by atoms with van der Waals surface area (Å²) in [6.45, 7) is 3.67. The van der Waals surface area contributed by atoms with E-state index >= 15 is 0 Å². The van der Waals surface area contributed by atoms with Gasteiger partial charge < -0.3 is 10.4 Å². The van der Waals surface area contributed by atoms with Crippen molar-refractivity contribution in [3.05, 3.63) is 18.0 Å². The second-order valence-corrected chi connectivity index (χ2v) is 8.33. The highest BCUT2D eigenvalue weighted by atomic mass is 32.2. The standard InChI is InChI=1S/C15H20N4O3S/c1-9-7-16-13(18-11-5-4-6-15(11,2)20)12-10(9)8-17-14(19-12)23(3,21)22/h7-8,11,20H,4-6H2,1-3H3,(H,16,18)/t11?,15-/m1/s1. The van der Waals surface area contributed by atoms with Gasteiger partial charge in [0.15, 0.2) is 5.82 Å². The Bertz CT molecular complexity index is 864. The van der Waals surface area contributed by atoms with Crippen LogP contribution in [-0.2, 0) is 9.84 Å². The van der Waals surface area contributed by atoms with Crippen molar-refractivity contribution in [3.8, 4) is 0 Å². The first kappa shape index (κ1) is 16.1. The molecule has 2 heterocycles. The van der Waals surface area contributed by atoms with E-state index in [2.05, 4.69) is 20.3 Å². The molecule has 3 rings (SSSR count). The lowest BCUT2D eigenvalue weighted by atomic mass is 10.0. The molecule has 0 saturated heterocycles. The molecule has 0 aliphatic heterocycles. The van der Waals surface area contributed by atoms with Crippen LogP contribution < -0.4 is 5.32 Å². The van der Waals surface area contributed by atoms with Gasteiger partial charge in [-0.1, -0.05) is 0 Å². The largest absolute Gasteiger partial charge is 0.388 e. The number of hydrogen-bond acceptors (Lipinski definition) is 7. The number of hydrogen-bond donors (Lipinski definition) is 2. The average molecular weight is 336 g/mol. The van der Waals surface area contributed by atoms with E-state index in [0.717, 1.165) is 36.5 Å². The first-order valence-corrected chi connectivity index (χ1v) is 9.39. The SMILES string of the molecule is Cc1cnc(NC2CCC[C@@]2(C)O)c2nc(S(C)(=O)=O)ncc12. The number of nitrogens with zero attached hydrogens (tertiary/aromatic N) is 3. The summed E-state index contributed by atoms with van der Waals surface area (Å²) < 4.78 is 23.4. The van der Waals surface area contributed by atoms with Gasteiger partial charge in [-0.15, -0.1) is 0 Å². The monoisotopic (exact) mass is 336 g/mol. The Labute approximate surface area is 135 Å². The highest BCUT2D eigenvalue weighted by molar-refractivity contribution is 7.90. The van der Waals surface area contributed by atoms with Crippen LogP contribution in [0.2, 0.25) is 0 Å². The highest BCUT2D eigenvalue weighted by Gasteiger charge is 2.37. The molecule has 0 aromatic carbocycles. The van der Waals surface area contributed by atoms with E-state index in [-0.39, 0.29) is 11.2 Å². The van der Waals surface area contributed by atoms with Crippen molar-refractivity contribution in [2.24, 2.45) is 0 Å². The van der Waals surface area contributed by atoms with Gasteiger partial charge in [0, 0.05) is 24.0 Å². The number of aliphatic hydroxyl groups is 1. The molecule has 1 saturated carbocycles. The number of pyridine rings is 1. The fourth-order valence-corrected chi connectivity index (χ4v) is 3.45. The quantitative estimate of drug-likeness (QED) is 0.817. The van der Waals surface area contributed by atoms with Gasteiger partial charge in [0.1, 0.15) is 5.52 Å². The van der Waals surface area contributed by atoms with E-state index in [9.17, 15) is 13.5 Å². The summed E-state index contributed by atoms with van der Waals surface area (Å²) in [6.07, 6.45) is 6.75. The van der Waals surface area contributed by atoms with Gasteiger partial charge in [0.25, 0.3) is 0 Å². The second kappa shape index (κ2) is 5.38. The van der Waals surface area contributed by atoms with E-state index in [1.807, 2.05) is 6.92 Å². The molecule has 124 valence electrons. The van der Waals surface area contributed by atoms with Crippen molar-refractivity contribution in [2.45, 2.75) is 49.9 Å². The highest BCUT2D eigenvalue weighted by Crippen LogP contribution is 2.33. The first-order chi connectivity index (χ1) is 10.7. The van der Waals surface area contributed by atoms with Gasteiger partial charge in [-0.05, 0) is 38.7 Å². The predicted molar refractivity (Wildman–Crippen MR) is 87.1 cm³/mol. The fraction of sp³-hybridized carbons (Fsp3) is 0.533. The summed E-state index contributed by atoms with van der Waals surface area (Å²) in [5, 5.41) is 14.2. The third-order valence-corrected chi connectivity index (χ3v) is 5.23. The van der Waals surface area contributed by atoms with Crippen molar-refractivity contribution in [3.63, 3.8) is 0 Å². The van der Waals surface area contributed by atoms with E-state index < -0.39 is 15.4 Å². The molecular weight excluding hydrogens is 316 g/mol. The Morgan fingerprint density at radius 3 is 2.70 bits per heavy atom. The maximum Gasteiger partial charge on any atom is 0.247 e. The van der Waals surface area contributed by atoms with Gasteiger partial charge in [0.2, 0.25) is 15.0 Å². The molecule has 2 N–H and O–H groups in total. The van der Waals surface area contributed by atoms with Crippen LogP contribution in [0.1, 0.15) is 31.7 Å². The number of aryl methyl sites for hydroxylation is 1. The molecule has 0 spiro atoms. The molecule has 2 atom stereocenters. The Morgan fingerprint density at radius 1 is 1.35 bits per heavy atom. The minimum atomic E-state index is -3.50. The minimum Gasteiger partial charge on any atom is -0.388 e. The third kappa shape index (κ3) is 3.00. The lowest BCUT2D eigenvalue weighted by Gasteiger charge is -2.27. The summed E-state index contributed by atoms with van der Waals surface area (Å²) in [7, 11) is -3.50. The molecule has 2 aromatic heterocycles. The van der Waals surface area contributed by atoms with Gasteiger partial charge in [-0.2, -0.15) is 0 Å². The van der Waals surface area contributed by atoms with Crippen molar-refractivity contribution < 1.29 is 13.5 Å². The molecule has 1 aliphatic carbocycles. The van der Waals surface area contributed by atoms with Crippen molar-refractivity contribution >= 4 is 26.6 Å². The third-order valence-electron chi connectivity index (χ3n) is 4.37. The number of nitrogens with one attached hydrogen (secondary N) is 1. The zero-order valence-corrected chi connectivity index (χ0v) is 14.2. The number of aromatic nitrogens is 3. The zero-order valence-electron chi connectivity index (χ0n) is 13.4. The van der Waals surface area contributed by atoms with Crippen LogP contribution in [0.5, 0.6) is 0 Å². The maximum absolute atomic E-state index is 11.7. The first-order valence-electron chi connectivity index (χ1n) is 7.50. The summed E-state index contributed by atoms with van der Waals surface area (Å²) >= 11 is 0. The van der Waals surface area contributed by atoms with E-state index in [0.29, 0.717) is 11.3 Å². The van der Waals surface area contributed by atoms with E-state index in [4.69, 9.17) is 0 Å². The Balaban J connectivity index is 2.11. The van der Waals surface area contributed by atoms with Gasteiger partial charge >= 0.3 is 0 Å². The summed E-state index contributed by atoms with van der Waals surface area (Å²) in [4.78, 5) is 12.5. The summed E-state index contributed by atoms with van der Waals surface area (Å²) in [5.74, 6) is 0.477. The van der Waals surface area contributed by atoms with Crippen LogP contribution in [0.3, 0.4) is 0 Å².